The van der Waals surface area contributed by atoms with Crippen molar-refractivity contribution in [2.75, 3.05) is 40.4 Å². The van der Waals surface area contributed by atoms with Crippen molar-refractivity contribution < 1.29 is 19.7 Å². The number of pyridine rings is 2. The summed E-state index contributed by atoms with van der Waals surface area (Å²) in [5, 5.41) is 27.4. The molecule has 8 heterocycles. The molecule has 6 saturated heterocycles. The first-order valence-corrected chi connectivity index (χ1v) is 23.8. The van der Waals surface area contributed by atoms with Gasteiger partial charge in [0.15, 0.2) is 0 Å². The summed E-state index contributed by atoms with van der Waals surface area (Å²) in [6.07, 6.45) is 15.3. The van der Waals surface area contributed by atoms with Gasteiger partial charge in [-0.05, 0) is 160 Å². The zero-order chi connectivity index (χ0) is 42.9. The van der Waals surface area contributed by atoms with E-state index in [4.69, 9.17) is 19.4 Å². The fraction of sp³-hybridized carbons (Fsp3) is 0.585. The number of piperidine rings is 6. The SMILES string of the molecule is C=C[C@H]1CN2CC[C@H]1C[C@@H]2[C@@H](O)c1c(CC)c(CC)nc2ccc(OC)c(CCCCCc3c(OC)ccc4nc(CC)c(CC)c([C@H](O)[C@H]5C[C@@H]6CCN5C[C@@H]6C=C)c34)c12.Cl. The molecule has 2 aromatic heterocycles. The van der Waals surface area contributed by atoms with E-state index in [0.29, 0.717) is 23.7 Å². The number of hydrogen-bond acceptors (Lipinski definition) is 8. The van der Waals surface area contributed by atoms with Gasteiger partial charge >= 0.3 is 0 Å². The maximum atomic E-state index is 12.6. The number of rotatable bonds is 18. The Hall–Kier alpha value is -3.53. The lowest BCUT2D eigenvalue weighted by atomic mass is 9.73. The number of fused-ring (bicyclic) bond motifs is 8. The minimum atomic E-state index is -0.604. The Morgan fingerprint density at radius 2 is 1.06 bits per heavy atom. The van der Waals surface area contributed by atoms with E-state index < -0.39 is 12.2 Å². The van der Waals surface area contributed by atoms with E-state index in [-0.39, 0.29) is 24.5 Å². The Kier molecular flexibility index (Phi) is 15.1. The molecule has 4 aromatic rings. The minimum Gasteiger partial charge on any atom is -0.496 e. The molecule has 6 aliphatic rings. The molecule has 0 saturated carbocycles. The molecule has 10 atom stereocenters. The van der Waals surface area contributed by atoms with Crippen molar-refractivity contribution in [1.29, 1.82) is 0 Å². The van der Waals surface area contributed by atoms with Crippen LogP contribution in [0.3, 0.4) is 0 Å². The molecule has 6 aliphatic heterocycles. The fourth-order valence-electron chi connectivity index (χ4n) is 12.5. The molecule has 0 aliphatic carbocycles. The highest BCUT2D eigenvalue weighted by atomic mass is 35.5. The van der Waals surface area contributed by atoms with E-state index in [1.165, 1.54) is 24.0 Å². The molecule has 336 valence electrons. The van der Waals surface area contributed by atoms with Crippen LogP contribution in [-0.2, 0) is 38.5 Å². The maximum Gasteiger partial charge on any atom is 0.122 e. The van der Waals surface area contributed by atoms with Crippen LogP contribution in [0.4, 0.5) is 0 Å². The van der Waals surface area contributed by atoms with Crippen LogP contribution < -0.4 is 9.47 Å². The van der Waals surface area contributed by atoms with Crippen molar-refractivity contribution in [3.8, 4) is 11.5 Å². The lowest BCUT2D eigenvalue weighted by Crippen LogP contribution is -2.55. The Morgan fingerprint density at radius 3 is 1.39 bits per heavy atom. The second-order valence-electron chi connectivity index (χ2n) is 18.5. The van der Waals surface area contributed by atoms with Crippen LogP contribution in [0.15, 0.2) is 49.6 Å². The Bertz CT molecular complexity index is 2090. The predicted molar refractivity (Wildman–Crippen MR) is 256 cm³/mol. The second-order valence-corrected chi connectivity index (χ2v) is 18.5. The molecular formula is C53H73ClN4O4. The number of unbranched alkanes of at least 4 members (excludes halogenated alkanes) is 2. The number of aryl methyl sites for hydroxylation is 4. The first-order valence-electron chi connectivity index (χ1n) is 23.8. The molecule has 10 rings (SSSR count). The third-order valence-electron chi connectivity index (χ3n) is 15.7. The summed E-state index contributed by atoms with van der Waals surface area (Å²) >= 11 is 0. The van der Waals surface area contributed by atoms with Crippen molar-refractivity contribution in [1.82, 2.24) is 19.8 Å². The van der Waals surface area contributed by atoms with Crippen LogP contribution in [-0.4, -0.2) is 82.5 Å². The Balaban J connectivity index is 0.00000578. The summed E-state index contributed by atoms with van der Waals surface area (Å²) in [5.74, 6) is 3.89. The highest BCUT2D eigenvalue weighted by Gasteiger charge is 2.45. The number of ether oxygens (including phenoxy) is 2. The number of aromatic nitrogens is 2. The van der Waals surface area contributed by atoms with Gasteiger partial charge in [-0.1, -0.05) is 46.3 Å². The molecule has 0 radical (unpaired) electrons. The van der Waals surface area contributed by atoms with Crippen LogP contribution in [0.2, 0.25) is 0 Å². The average Bonchev–Trinajstić information content (AvgIpc) is 3.31. The monoisotopic (exact) mass is 865 g/mol. The number of benzene rings is 2. The quantitative estimate of drug-likeness (QED) is 0.0755. The van der Waals surface area contributed by atoms with E-state index in [1.54, 1.807) is 14.2 Å². The first-order chi connectivity index (χ1) is 29.7. The molecule has 2 aromatic carbocycles. The smallest absolute Gasteiger partial charge is 0.122 e. The number of nitrogens with zero attached hydrogens (tertiary/aromatic N) is 4. The van der Waals surface area contributed by atoms with Gasteiger partial charge in [-0.3, -0.25) is 19.8 Å². The lowest BCUT2D eigenvalue weighted by molar-refractivity contribution is -0.0447. The minimum absolute atomic E-state index is 0. The maximum absolute atomic E-state index is 12.6. The van der Waals surface area contributed by atoms with Gasteiger partial charge < -0.3 is 19.7 Å². The van der Waals surface area contributed by atoms with Crippen molar-refractivity contribution in [2.24, 2.45) is 23.7 Å². The number of hydrogen-bond donors (Lipinski definition) is 2. The van der Waals surface area contributed by atoms with Gasteiger partial charge in [-0.25, -0.2) is 0 Å². The average molecular weight is 866 g/mol. The number of methoxy groups -OCH3 is 2. The van der Waals surface area contributed by atoms with E-state index in [0.717, 1.165) is 164 Å². The summed E-state index contributed by atoms with van der Waals surface area (Å²) in [7, 11) is 3.54. The molecule has 2 unspecified atom stereocenters. The van der Waals surface area contributed by atoms with Gasteiger partial charge in [-0.15, -0.1) is 25.6 Å². The lowest BCUT2D eigenvalue weighted by Gasteiger charge is -2.51. The topological polar surface area (TPSA) is 91.2 Å². The molecule has 6 fully saturated rings. The fourth-order valence-corrected chi connectivity index (χ4v) is 12.5. The normalized spacial score (nSPS) is 26.3. The highest BCUT2D eigenvalue weighted by molar-refractivity contribution is 5.91. The Morgan fingerprint density at radius 1 is 0.645 bits per heavy atom. The number of halogens is 1. The molecule has 62 heavy (non-hydrogen) atoms. The van der Waals surface area contributed by atoms with Gasteiger partial charge in [0, 0.05) is 58.5 Å². The van der Waals surface area contributed by atoms with Crippen molar-refractivity contribution in [3.63, 3.8) is 0 Å². The third kappa shape index (κ3) is 8.32. The molecule has 8 nitrogen and oxygen atoms in total. The number of aliphatic hydroxyl groups excluding tert-OH is 2. The van der Waals surface area contributed by atoms with Gasteiger partial charge in [-0.2, -0.15) is 0 Å². The molecule has 0 spiro atoms. The predicted octanol–water partition coefficient (Wildman–Crippen LogP) is 10.3. The summed E-state index contributed by atoms with van der Waals surface area (Å²) in [6, 6.07) is 8.52. The van der Waals surface area contributed by atoms with Gasteiger partial charge in [0.05, 0.1) is 37.5 Å². The summed E-state index contributed by atoms with van der Waals surface area (Å²) in [4.78, 5) is 15.6. The van der Waals surface area contributed by atoms with Gasteiger partial charge in [0.25, 0.3) is 0 Å². The molecular weight excluding hydrogens is 792 g/mol. The third-order valence-corrected chi connectivity index (χ3v) is 15.7. The molecule has 4 bridgehead atoms. The largest absolute Gasteiger partial charge is 0.496 e. The van der Waals surface area contributed by atoms with Crippen molar-refractivity contribution >= 4 is 34.2 Å². The van der Waals surface area contributed by atoms with Crippen molar-refractivity contribution in [3.05, 3.63) is 94.3 Å². The zero-order valence-corrected chi connectivity index (χ0v) is 39.2. The van der Waals surface area contributed by atoms with Gasteiger partial charge in [0.1, 0.15) is 11.5 Å². The van der Waals surface area contributed by atoms with Crippen molar-refractivity contribution in [2.45, 2.75) is 135 Å². The Labute approximate surface area is 377 Å². The van der Waals surface area contributed by atoms with Crippen LogP contribution >= 0.6 is 12.4 Å². The number of aliphatic hydroxyl groups is 2. The van der Waals surface area contributed by atoms with E-state index >= 15 is 0 Å². The summed E-state index contributed by atoms with van der Waals surface area (Å²) in [6.45, 7) is 21.1. The van der Waals surface area contributed by atoms with Crippen LogP contribution in [0.25, 0.3) is 21.8 Å². The summed E-state index contributed by atoms with van der Waals surface area (Å²) < 4.78 is 12.2. The van der Waals surface area contributed by atoms with Crippen LogP contribution in [0, 0.1) is 23.7 Å². The van der Waals surface area contributed by atoms with Crippen LogP contribution in [0.5, 0.6) is 11.5 Å². The standard InChI is InChI=1S/C53H72N4O4.ClH/c1-9-32-30-56-26-24-34(32)28-44(56)52(58)50-36(11-3)40(13-5)54-42-20-22-46(60-7)38(48(42)50)18-16-15-17-19-39-47(61-8)23-21-43-49(39)51(37(12-4)41(14-6)55-43)53(59)45-29-35-25-27-57(45)31-33(35)10-2;/h9-10,20-23,32-35,44-45,52-53,58-59H,1-2,11-19,24-31H2,3-8H3;1H/t32-,33-,34-,35-,44+,45+,52+,53+;/m0./s1. The van der Waals surface area contributed by atoms with E-state index in [2.05, 4.69) is 87.1 Å². The molecule has 9 heteroatoms. The zero-order valence-electron chi connectivity index (χ0n) is 38.4. The highest BCUT2D eigenvalue weighted by Crippen LogP contribution is 2.47. The van der Waals surface area contributed by atoms with E-state index in [9.17, 15) is 10.2 Å². The van der Waals surface area contributed by atoms with Crippen LogP contribution in [0.1, 0.15) is 130 Å². The molecule has 2 N–H and O–H groups in total. The second kappa shape index (κ2) is 20.1. The first kappa shape index (κ1) is 46.5. The van der Waals surface area contributed by atoms with Gasteiger partial charge in [0.2, 0.25) is 0 Å². The van der Waals surface area contributed by atoms with E-state index in [1.807, 2.05) is 0 Å². The molecule has 0 amide bonds. The summed E-state index contributed by atoms with van der Waals surface area (Å²) in [5.41, 5.74) is 11.0.